The van der Waals surface area contributed by atoms with Gasteiger partial charge in [-0.1, -0.05) is 43.7 Å². The number of aryl methyl sites for hydroxylation is 1. The summed E-state index contributed by atoms with van der Waals surface area (Å²) in [5.41, 5.74) is 7.02. The summed E-state index contributed by atoms with van der Waals surface area (Å²) in [4.78, 5) is 0. The second-order valence-corrected chi connectivity index (χ2v) is 4.48. The first-order chi connectivity index (χ1) is 9.30. The van der Waals surface area contributed by atoms with E-state index >= 15 is 0 Å². The third-order valence-electron chi connectivity index (χ3n) is 3.14. The molecular weight excluding hydrogens is 236 g/mol. The first-order valence-corrected chi connectivity index (χ1v) is 6.53. The fourth-order valence-electron chi connectivity index (χ4n) is 2.30. The minimum absolute atomic E-state index is 0.906. The first kappa shape index (κ1) is 13.4. The highest BCUT2D eigenvalue weighted by molar-refractivity contribution is 5.76. The lowest BCUT2D eigenvalue weighted by atomic mass is 9.98. The highest BCUT2D eigenvalue weighted by Crippen LogP contribution is 2.36. The van der Waals surface area contributed by atoms with Gasteiger partial charge in [-0.25, -0.2) is 0 Å². The van der Waals surface area contributed by atoms with Crippen LogP contribution in [0, 0.1) is 0 Å². The Bertz CT molecular complexity index is 538. The van der Waals surface area contributed by atoms with Gasteiger partial charge in [0.15, 0.2) is 0 Å². The average molecular weight is 256 g/mol. The van der Waals surface area contributed by atoms with Gasteiger partial charge in [0.25, 0.3) is 0 Å². The molecule has 0 atom stereocenters. The summed E-state index contributed by atoms with van der Waals surface area (Å²) in [5, 5.41) is 0. The molecule has 0 aliphatic rings. The van der Waals surface area contributed by atoms with Crippen molar-refractivity contribution in [2.75, 3.05) is 12.5 Å². The van der Waals surface area contributed by atoms with Crippen molar-refractivity contribution in [1.82, 2.24) is 0 Å². The van der Waals surface area contributed by atoms with Crippen LogP contribution in [0.4, 0.5) is 5.69 Å². The number of hydrazine groups is 1. The van der Waals surface area contributed by atoms with Crippen molar-refractivity contribution in [3.8, 4) is 16.9 Å². The number of hydrogen-bond acceptors (Lipinski definition) is 3. The number of ether oxygens (including phenoxy) is 1. The van der Waals surface area contributed by atoms with Gasteiger partial charge >= 0.3 is 0 Å². The van der Waals surface area contributed by atoms with Gasteiger partial charge in [-0.3, -0.25) is 5.84 Å². The van der Waals surface area contributed by atoms with E-state index in [1.54, 1.807) is 7.11 Å². The molecule has 0 unspecified atom stereocenters. The zero-order chi connectivity index (χ0) is 13.7. The van der Waals surface area contributed by atoms with Crippen LogP contribution < -0.4 is 16.0 Å². The summed E-state index contributed by atoms with van der Waals surface area (Å²) in [6.45, 7) is 2.16. The standard InChI is InChI=1S/C16H20N2O/c1-3-7-13-10-14(18-17)11-15(16(13)19-2)12-8-5-4-6-9-12/h4-6,8-11,18H,3,7,17H2,1-2H3. The van der Waals surface area contributed by atoms with E-state index in [-0.39, 0.29) is 0 Å². The Kier molecular flexibility index (Phi) is 4.42. The lowest BCUT2D eigenvalue weighted by Crippen LogP contribution is -2.08. The lowest BCUT2D eigenvalue weighted by molar-refractivity contribution is 0.411. The molecule has 0 aliphatic heterocycles. The third kappa shape index (κ3) is 2.88. The number of nitrogens with one attached hydrogen (secondary N) is 1. The van der Waals surface area contributed by atoms with Crippen molar-refractivity contribution >= 4 is 5.69 Å². The maximum absolute atomic E-state index is 5.61. The zero-order valence-corrected chi connectivity index (χ0v) is 11.4. The number of methoxy groups -OCH3 is 1. The lowest BCUT2D eigenvalue weighted by Gasteiger charge is -2.16. The zero-order valence-electron chi connectivity index (χ0n) is 11.4. The van der Waals surface area contributed by atoms with Crippen LogP contribution in [0.1, 0.15) is 18.9 Å². The van der Waals surface area contributed by atoms with Crippen LogP contribution in [0.3, 0.4) is 0 Å². The Hall–Kier alpha value is -2.00. The monoisotopic (exact) mass is 256 g/mol. The summed E-state index contributed by atoms with van der Waals surface area (Å²) < 4.78 is 5.61. The van der Waals surface area contributed by atoms with E-state index in [2.05, 4.69) is 30.5 Å². The van der Waals surface area contributed by atoms with Crippen molar-refractivity contribution in [3.63, 3.8) is 0 Å². The van der Waals surface area contributed by atoms with Gasteiger partial charge < -0.3 is 10.2 Å². The molecule has 0 spiro atoms. The second kappa shape index (κ2) is 6.25. The van der Waals surface area contributed by atoms with Gasteiger partial charge in [-0.15, -0.1) is 0 Å². The predicted molar refractivity (Wildman–Crippen MR) is 80.2 cm³/mol. The van der Waals surface area contributed by atoms with E-state index in [9.17, 15) is 0 Å². The summed E-state index contributed by atoms with van der Waals surface area (Å²) in [5.74, 6) is 6.50. The molecule has 0 fully saturated rings. The van der Waals surface area contributed by atoms with E-state index < -0.39 is 0 Å². The molecule has 2 aromatic carbocycles. The van der Waals surface area contributed by atoms with E-state index in [0.29, 0.717) is 0 Å². The molecule has 0 saturated carbocycles. The van der Waals surface area contributed by atoms with Gasteiger partial charge in [0.1, 0.15) is 5.75 Å². The molecule has 0 radical (unpaired) electrons. The molecule has 0 saturated heterocycles. The number of nitrogen functional groups attached to an aromatic ring is 1. The third-order valence-corrected chi connectivity index (χ3v) is 3.14. The Labute approximate surface area is 114 Å². The van der Waals surface area contributed by atoms with E-state index in [4.69, 9.17) is 10.6 Å². The molecule has 3 nitrogen and oxygen atoms in total. The topological polar surface area (TPSA) is 47.3 Å². The second-order valence-electron chi connectivity index (χ2n) is 4.48. The summed E-state index contributed by atoms with van der Waals surface area (Å²) in [6.07, 6.45) is 2.04. The fraction of sp³-hybridized carbons (Fsp3) is 0.250. The maximum atomic E-state index is 5.61. The Morgan fingerprint density at radius 1 is 1.16 bits per heavy atom. The van der Waals surface area contributed by atoms with Crippen LogP contribution in [0.2, 0.25) is 0 Å². The SMILES string of the molecule is CCCc1cc(NN)cc(-c2ccccc2)c1OC. The van der Waals surface area contributed by atoms with Gasteiger partial charge in [0, 0.05) is 11.3 Å². The molecule has 3 heteroatoms. The van der Waals surface area contributed by atoms with Crippen molar-refractivity contribution in [1.29, 1.82) is 0 Å². The number of rotatable bonds is 5. The molecule has 19 heavy (non-hydrogen) atoms. The highest BCUT2D eigenvalue weighted by Gasteiger charge is 2.12. The normalized spacial score (nSPS) is 10.3. The van der Waals surface area contributed by atoms with Gasteiger partial charge in [-0.2, -0.15) is 0 Å². The van der Waals surface area contributed by atoms with Crippen LogP contribution in [0.5, 0.6) is 5.75 Å². The molecule has 0 aromatic heterocycles. The van der Waals surface area contributed by atoms with Gasteiger partial charge in [0.2, 0.25) is 0 Å². The van der Waals surface area contributed by atoms with Crippen LogP contribution in [0.15, 0.2) is 42.5 Å². The predicted octanol–water partition coefficient (Wildman–Crippen LogP) is 3.60. The van der Waals surface area contributed by atoms with Crippen molar-refractivity contribution in [3.05, 3.63) is 48.0 Å². The van der Waals surface area contributed by atoms with Crippen LogP contribution in [-0.4, -0.2) is 7.11 Å². The molecule has 100 valence electrons. The van der Waals surface area contributed by atoms with E-state index in [1.807, 2.05) is 24.3 Å². The summed E-state index contributed by atoms with van der Waals surface area (Å²) >= 11 is 0. The first-order valence-electron chi connectivity index (χ1n) is 6.53. The van der Waals surface area contributed by atoms with Crippen molar-refractivity contribution < 1.29 is 4.74 Å². The van der Waals surface area contributed by atoms with Crippen LogP contribution >= 0.6 is 0 Å². The largest absolute Gasteiger partial charge is 0.496 e. The molecular formula is C16H20N2O. The molecule has 0 bridgehead atoms. The Balaban J connectivity index is 2.60. The molecule has 3 N–H and O–H groups in total. The summed E-state index contributed by atoms with van der Waals surface area (Å²) in [6, 6.07) is 14.3. The van der Waals surface area contributed by atoms with Crippen LogP contribution in [0.25, 0.3) is 11.1 Å². The molecule has 2 rings (SSSR count). The molecule has 2 aromatic rings. The molecule has 0 aliphatic carbocycles. The van der Waals surface area contributed by atoms with E-state index in [1.165, 1.54) is 5.56 Å². The maximum Gasteiger partial charge on any atom is 0.130 e. The minimum atomic E-state index is 0.906. The fourth-order valence-corrected chi connectivity index (χ4v) is 2.30. The smallest absolute Gasteiger partial charge is 0.130 e. The molecule has 0 heterocycles. The number of anilines is 1. The Morgan fingerprint density at radius 3 is 2.47 bits per heavy atom. The molecule has 0 amide bonds. The summed E-state index contributed by atoms with van der Waals surface area (Å²) in [7, 11) is 1.72. The van der Waals surface area contributed by atoms with E-state index in [0.717, 1.165) is 35.4 Å². The Morgan fingerprint density at radius 2 is 1.89 bits per heavy atom. The number of nitrogens with two attached hydrogens (primary N) is 1. The highest BCUT2D eigenvalue weighted by atomic mass is 16.5. The van der Waals surface area contributed by atoms with Gasteiger partial charge in [-0.05, 0) is 29.7 Å². The average Bonchev–Trinajstić information content (AvgIpc) is 2.47. The van der Waals surface area contributed by atoms with Crippen molar-refractivity contribution in [2.24, 2.45) is 5.84 Å². The van der Waals surface area contributed by atoms with Crippen LogP contribution in [-0.2, 0) is 6.42 Å². The van der Waals surface area contributed by atoms with Gasteiger partial charge in [0.05, 0.1) is 7.11 Å². The number of benzene rings is 2. The quantitative estimate of drug-likeness (QED) is 0.634. The number of hydrogen-bond donors (Lipinski definition) is 2. The minimum Gasteiger partial charge on any atom is -0.496 e. The van der Waals surface area contributed by atoms with Crippen molar-refractivity contribution in [2.45, 2.75) is 19.8 Å².